The highest BCUT2D eigenvalue weighted by molar-refractivity contribution is 5.94. The molecule has 1 saturated heterocycles. The predicted molar refractivity (Wildman–Crippen MR) is 72.9 cm³/mol. The monoisotopic (exact) mass is 262 g/mol. The van der Waals surface area contributed by atoms with Crippen molar-refractivity contribution in [1.82, 2.24) is 10.3 Å². The van der Waals surface area contributed by atoms with E-state index in [0.717, 1.165) is 5.82 Å². The van der Waals surface area contributed by atoms with E-state index in [4.69, 9.17) is 0 Å². The summed E-state index contributed by atoms with van der Waals surface area (Å²) in [5.41, 5.74) is 0.674. The molecule has 0 aliphatic carbocycles. The van der Waals surface area contributed by atoms with Gasteiger partial charge >= 0.3 is 0 Å². The second-order valence-corrected chi connectivity index (χ2v) is 4.83. The second kappa shape index (κ2) is 5.69. The fraction of sp³-hybridized carbons (Fsp3) is 0.462. The van der Waals surface area contributed by atoms with E-state index in [1.54, 1.807) is 6.20 Å². The molecular weight excluding hydrogens is 244 g/mol. The van der Waals surface area contributed by atoms with Gasteiger partial charge in [0.15, 0.2) is 0 Å². The molecule has 1 fully saturated rings. The highest BCUT2D eigenvalue weighted by atomic mass is 16.2. The van der Waals surface area contributed by atoms with Crippen molar-refractivity contribution in [3.05, 3.63) is 18.3 Å². The van der Waals surface area contributed by atoms with Crippen LogP contribution in [0.15, 0.2) is 18.3 Å². The highest BCUT2D eigenvalue weighted by Crippen LogP contribution is 2.16. The molecule has 0 saturated carbocycles. The number of nitrogens with zero attached hydrogens (tertiary/aromatic N) is 2. The van der Waals surface area contributed by atoms with Gasteiger partial charge in [0.25, 0.3) is 0 Å². The summed E-state index contributed by atoms with van der Waals surface area (Å²) in [6, 6.07) is 3.67. The maximum Gasteiger partial charge on any atom is 0.229 e. The van der Waals surface area contributed by atoms with Crippen LogP contribution in [0.4, 0.5) is 11.5 Å². The summed E-state index contributed by atoms with van der Waals surface area (Å²) in [7, 11) is 3.82. The zero-order valence-corrected chi connectivity index (χ0v) is 11.1. The lowest BCUT2D eigenvalue weighted by Crippen LogP contribution is -2.40. The smallest absolute Gasteiger partial charge is 0.229 e. The lowest BCUT2D eigenvalue weighted by atomic mass is 9.98. The summed E-state index contributed by atoms with van der Waals surface area (Å²) in [5.74, 6) is 0.620. The molecule has 1 atom stereocenters. The van der Waals surface area contributed by atoms with Crippen molar-refractivity contribution in [2.75, 3.05) is 30.9 Å². The van der Waals surface area contributed by atoms with Crippen molar-refractivity contribution >= 4 is 23.3 Å². The Labute approximate surface area is 112 Å². The molecule has 102 valence electrons. The molecule has 19 heavy (non-hydrogen) atoms. The number of piperidine rings is 1. The normalized spacial score (nSPS) is 18.6. The minimum Gasteiger partial charge on any atom is -0.363 e. The first-order valence-corrected chi connectivity index (χ1v) is 6.27. The summed E-state index contributed by atoms with van der Waals surface area (Å²) >= 11 is 0. The van der Waals surface area contributed by atoms with Crippen LogP contribution in [0.1, 0.15) is 12.8 Å². The number of hydrogen-bond donors (Lipinski definition) is 2. The topological polar surface area (TPSA) is 74.3 Å². The van der Waals surface area contributed by atoms with Gasteiger partial charge in [-0.1, -0.05) is 0 Å². The Morgan fingerprint density at radius 1 is 1.47 bits per heavy atom. The molecule has 2 amide bonds. The zero-order chi connectivity index (χ0) is 13.8. The van der Waals surface area contributed by atoms with E-state index in [2.05, 4.69) is 15.6 Å². The van der Waals surface area contributed by atoms with E-state index < -0.39 is 0 Å². The maximum atomic E-state index is 12.0. The first-order chi connectivity index (χ1) is 9.06. The van der Waals surface area contributed by atoms with Crippen molar-refractivity contribution in [3.8, 4) is 0 Å². The van der Waals surface area contributed by atoms with Crippen LogP contribution in [0.3, 0.4) is 0 Å². The van der Waals surface area contributed by atoms with Crippen LogP contribution in [-0.4, -0.2) is 37.4 Å². The number of nitrogens with one attached hydrogen (secondary N) is 2. The van der Waals surface area contributed by atoms with E-state index in [9.17, 15) is 9.59 Å². The molecule has 0 spiro atoms. The molecular formula is C13H18N4O2. The fourth-order valence-electron chi connectivity index (χ4n) is 1.93. The first kappa shape index (κ1) is 13.3. The second-order valence-electron chi connectivity index (χ2n) is 4.83. The van der Waals surface area contributed by atoms with Gasteiger partial charge in [-0.25, -0.2) is 4.98 Å². The Bertz CT molecular complexity index is 460. The third-order valence-electron chi connectivity index (χ3n) is 3.11. The molecule has 1 aromatic heterocycles. The molecule has 2 heterocycles. The van der Waals surface area contributed by atoms with Gasteiger partial charge in [0.2, 0.25) is 11.8 Å². The average Bonchev–Trinajstić information content (AvgIpc) is 2.40. The molecule has 6 heteroatoms. The van der Waals surface area contributed by atoms with Crippen LogP contribution in [0, 0.1) is 5.92 Å². The van der Waals surface area contributed by atoms with Gasteiger partial charge in [-0.15, -0.1) is 0 Å². The van der Waals surface area contributed by atoms with Crippen LogP contribution in [0.2, 0.25) is 0 Å². The molecule has 0 radical (unpaired) electrons. The van der Waals surface area contributed by atoms with Crippen LogP contribution < -0.4 is 15.5 Å². The Kier molecular flexibility index (Phi) is 3.99. The SMILES string of the molecule is CN(C)c1ccc(NC(=O)[C@H]2CCC(=O)NC2)cn1. The standard InChI is InChI=1S/C13H18N4O2/c1-17(2)11-5-4-10(8-14-11)16-13(19)9-3-6-12(18)15-7-9/h4-5,8-9H,3,6-7H2,1-2H3,(H,15,18)(H,16,19)/t9-/m0/s1. The van der Waals surface area contributed by atoms with Crippen LogP contribution >= 0.6 is 0 Å². The number of rotatable bonds is 3. The lowest BCUT2D eigenvalue weighted by molar-refractivity contribution is -0.126. The molecule has 2 rings (SSSR count). The number of aromatic nitrogens is 1. The molecule has 1 aromatic rings. The number of amides is 2. The van der Waals surface area contributed by atoms with Crippen molar-refractivity contribution in [3.63, 3.8) is 0 Å². The Morgan fingerprint density at radius 2 is 2.26 bits per heavy atom. The number of anilines is 2. The van der Waals surface area contributed by atoms with E-state index in [0.29, 0.717) is 25.1 Å². The van der Waals surface area contributed by atoms with Gasteiger partial charge < -0.3 is 15.5 Å². The molecule has 1 aliphatic rings. The lowest BCUT2D eigenvalue weighted by Gasteiger charge is -2.21. The summed E-state index contributed by atoms with van der Waals surface area (Å²) < 4.78 is 0. The summed E-state index contributed by atoms with van der Waals surface area (Å²) in [6.45, 7) is 0.411. The quantitative estimate of drug-likeness (QED) is 0.837. The van der Waals surface area contributed by atoms with Gasteiger partial charge in [0.05, 0.1) is 17.8 Å². The third-order valence-corrected chi connectivity index (χ3v) is 3.11. The summed E-state index contributed by atoms with van der Waals surface area (Å²) in [6.07, 6.45) is 2.64. The minimum absolute atomic E-state index is 0.0149. The number of pyridine rings is 1. The van der Waals surface area contributed by atoms with E-state index >= 15 is 0 Å². The first-order valence-electron chi connectivity index (χ1n) is 6.27. The Hall–Kier alpha value is -2.11. The number of hydrogen-bond acceptors (Lipinski definition) is 4. The molecule has 1 aliphatic heterocycles. The van der Waals surface area contributed by atoms with E-state index in [1.807, 2.05) is 31.1 Å². The van der Waals surface area contributed by atoms with E-state index in [-0.39, 0.29) is 17.7 Å². The largest absolute Gasteiger partial charge is 0.363 e. The van der Waals surface area contributed by atoms with Crippen LogP contribution in [0.25, 0.3) is 0 Å². The van der Waals surface area contributed by atoms with Gasteiger partial charge in [0, 0.05) is 27.1 Å². The molecule has 0 bridgehead atoms. The minimum atomic E-state index is -0.161. The summed E-state index contributed by atoms with van der Waals surface area (Å²) in [5, 5.41) is 5.52. The molecule has 2 N–H and O–H groups in total. The van der Waals surface area contributed by atoms with Crippen molar-refractivity contribution in [2.45, 2.75) is 12.8 Å². The zero-order valence-electron chi connectivity index (χ0n) is 11.1. The van der Waals surface area contributed by atoms with Crippen molar-refractivity contribution in [1.29, 1.82) is 0 Å². The van der Waals surface area contributed by atoms with Crippen molar-refractivity contribution in [2.24, 2.45) is 5.92 Å². The average molecular weight is 262 g/mol. The Morgan fingerprint density at radius 3 is 2.79 bits per heavy atom. The summed E-state index contributed by atoms with van der Waals surface area (Å²) in [4.78, 5) is 29.1. The Balaban J connectivity index is 1.93. The van der Waals surface area contributed by atoms with Gasteiger partial charge in [-0.3, -0.25) is 9.59 Å². The molecule has 0 unspecified atom stereocenters. The maximum absolute atomic E-state index is 12.0. The number of carbonyl (C=O) groups excluding carboxylic acids is 2. The van der Waals surface area contributed by atoms with Crippen LogP contribution in [-0.2, 0) is 9.59 Å². The molecule has 6 nitrogen and oxygen atoms in total. The predicted octanol–water partition coefficient (Wildman–Crippen LogP) is 0.612. The van der Waals surface area contributed by atoms with Crippen molar-refractivity contribution < 1.29 is 9.59 Å². The van der Waals surface area contributed by atoms with E-state index in [1.165, 1.54) is 0 Å². The number of carbonyl (C=O) groups is 2. The highest BCUT2D eigenvalue weighted by Gasteiger charge is 2.24. The van der Waals surface area contributed by atoms with Gasteiger partial charge in [0.1, 0.15) is 5.82 Å². The van der Waals surface area contributed by atoms with Gasteiger partial charge in [-0.2, -0.15) is 0 Å². The van der Waals surface area contributed by atoms with Crippen LogP contribution in [0.5, 0.6) is 0 Å². The fourth-order valence-corrected chi connectivity index (χ4v) is 1.93. The van der Waals surface area contributed by atoms with Gasteiger partial charge in [-0.05, 0) is 18.6 Å². The molecule has 0 aromatic carbocycles. The third kappa shape index (κ3) is 3.43.